The number of nitrogens with two attached hydrogens (primary N) is 1. The Bertz CT molecular complexity index is 260. The molecule has 0 aliphatic rings. The largest absolute Gasteiger partial charge is 0.229 e. The third-order valence-corrected chi connectivity index (χ3v) is 2.78. The van der Waals surface area contributed by atoms with Crippen molar-refractivity contribution in [2.45, 2.75) is 41.0 Å². The number of rotatable bonds is 3. The fourth-order valence-electron chi connectivity index (χ4n) is 2.03. The van der Waals surface area contributed by atoms with Gasteiger partial charge >= 0.3 is 0 Å². The van der Waals surface area contributed by atoms with Gasteiger partial charge in [0.1, 0.15) is 0 Å². The molecule has 0 spiro atoms. The van der Waals surface area contributed by atoms with Gasteiger partial charge in [-0.25, -0.2) is 13.6 Å². The second-order valence-corrected chi connectivity index (χ2v) is 7.32. The van der Waals surface area contributed by atoms with Crippen LogP contribution in [0.15, 0.2) is 0 Å². The quantitative estimate of drug-likeness (QED) is 0.766. The lowest BCUT2D eigenvalue weighted by molar-refractivity contribution is 0.236. The minimum atomic E-state index is -3.35. The highest BCUT2D eigenvalue weighted by Crippen LogP contribution is 2.33. The number of primary sulfonamides is 1. The predicted molar refractivity (Wildman–Crippen MR) is 55.8 cm³/mol. The Kier molecular flexibility index (Phi) is 3.55. The fourth-order valence-corrected chi connectivity index (χ4v) is 3.22. The van der Waals surface area contributed by atoms with E-state index in [9.17, 15) is 8.42 Å². The van der Waals surface area contributed by atoms with E-state index in [0.717, 1.165) is 6.42 Å². The molecule has 0 radical (unpaired) electrons. The summed E-state index contributed by atoms with van der Waals surface area (Å²) in [5.41, 5.74) is -0.111. The number of hydrogen-bond acceptors (Lipinski definition) is 2. The van der Waals surface area contributed by atoms with Crippen molar-refractivity contribution in [3.05, 3.63) is 0 Å². The third kappa shape index (κ3) is 8.25. The Morgan fingerprint density at radius 2 is 1.46 bits per heavy atom. The van der Waals surface area contributed by atoms with Crippen molar-refractivity contribution in [2.75, 3.05) is 5.75 Å². The molecule has 4 heteroatoms. The van der Waals surface area contributed by atoms with Crippen molar-refractivity contribution in [2.24, 2.45) is 16.0 Å². The molecule has 0 aliphatic carbocycles. The van der Waals surface area contributed by atoms with Crippen molar-refractivity contribution in [3.8, 4) is 0 Å². The summed E-state index contributed by atoms with van der Waals surface area (Å²) in [5.74, 6) is 0.0528. The number of hydrogen-bond donors (Lipinski definition) is 1. The van der Waals surface area contributed by atoms with E-state index in [1.807, 2.05) is 13.8 Å². The first kappa shape index (κ1) is 12.9. The molecule has 0 saturated carbocycles. The highest BCUT2D eigenvalue weighted by molar-refractivity contribution is 7.89. The van der Waals surface area contributed by atoms with Crippen LogP contribution >= 0.6 is 0 Å². The molecule has 3 nitrogen and oxygen atoms in total. The summed E-state index contributed by atoms with van der Waals surface area (Å²) in [4.78, 5) is 0. The standard InChI is InChI=1S/C9H21NO2S/c1-8(2,3)6-9(4,5)7-13(10,11)12/h6-7H2,1-5H3,(H2,10,11,12). The highest BCUT2D eigenvalue weighted by Gasteiger charge is 2.29. The third-order valence-electron chi connectivity index (χ3n) is 1.60. The predicted octanol–water partition coefficient (Wildman–Crippen LogP) is 1.74. The molecule has 0 aromatic heterocycles. The maximum absolute atomic E-state index is 10.9. The lowest BCUT2D eigenvalue weighted by Gasteiger charge is -2.31. The van der Waals surface area contributed by atoms with Gasteiger partial charge in [0.05, 0.1) is 5.75 Å². The molecule has 0 aromatic carbocycles. The second-order valence-electron chi connectivity index (χ2n) is 5.71. The van der Waals surface area contributed by atoms with E-state index in [1.165, 1.54) is 0 Å². The van der Waals surface area contributed by atoms with E-state index in [0.29, 0.717) is 0 Å². The normalized spacial score (nSPS) is 14.6. The van der Waals surface area contributed by atoms with Gasteiger partial charge in [-0.1, -0.05) is 34.6 Å². The first-order valence-electron chi connectivity index (χ1n) is 4.42. The van der Waals surface area contributed by atoms with Gasteiger partial charge in [-0.3, -0.25) is 0 Å². The van der Waals surface area contributed by atoms with Gasteiger partial charge in [-0.15, -0.1) is 0 Å². The van der Waals surface area contributed by atoms with Crippen LogP contribution in [0.3, 0.4) is 0 Å². The van der Waals surface area contributed by atoms with Gasteiger partial charge in [0.15, 0.2) is 0 Å². The van der Waals surface area contributed by atoms with Crippen molar-refractivity contribution < 1.29 is 8.42 Å². The minimum absolute atomic E-state index is 0.0528. The summed E-state index contributed by atoms with van der Waals surface area (Å²) in [6.07, 6.45) is 0.844. The van der Waals surface area contributed by atoms with Crippen molar-refractivity contribution in [1.29, 1.82) is 0 Å². The Labute approximate surface area is 81.8 Å². The van der Waals surface area contributed by atoms with Gasteiger partial charge in [-0.2, -0.15) is 0 Å². The zero-order valence-corrected chi connectivity index (χ0v) is 10.0. The van der Waals surface area contributed by atoms with Gasteiger partial charge < -0.3 is 0 Å². The molecule has 13 heavy (non-hydrogen) atoms. The Balaban J connectivity index is 4.43. The lowest BCUT2D eigenvalue weighted by Crippen LogP contribution is -2.32. The van der Waals surface area contributed by atoms with Crippen LogP contribution in [-0.4, -0.2) is 14.2 Å². The van der Waals surface area contributed by atoms with Crippen LogP contribution in [0.2, 0.25) is 0 Å². The van der Waals surface area contributed by atoms with Crippen LogP contribution in [-0.2, 0) is 10.0 Å². The zero-order valence-electron chi connectivity index (χ0n) is 9.22. The van der Waals surface area contributed by atoms with Crippen LogP contribution in [0.4, 0.5) is 0 Å². The van der Waals surface area contributed by atoms with Crippen molar-refractivity contribution >= 4 is 10.0 Å². The van der Waals surface area contributed by atoms with E-state index < -0.39 is 10.0 Å². The van der Waals surface area contributed by atoms with E-state index in [-0.39, 0.29) is 16.6 Å². The molecule has 0 bridgehead atoms. The molecule has 0 unspecified atom stereocenters. The van der Waals surface area contributed by atoms with Gasteiger partial charge in [-0.05, 0) is 17.3 Å². The van der Waals surface area contributed by atoms with Crippen LogP contribution in [0.1, 0.15) is 41.0 Å². The zero-order chi connectivity index (χ0) is 10.9. The molecule has 0 atom stereocenters. The SMILES string of the molecule is CC(C)(C)CC(C)(C)CS(N)(=O)=O. The first-order chi connectivity index (χ1) is 5.41. The molecular formula is C9H21NO2S. The molecule has 0 aromatic rings. The van der Waals surface area contributed by atoms with Crippen LogP contribution in [0.25, 0.3) is 0 Å². The van der Waals surface area contributed by atoms with Crippen LogP contribution < -0.4 is 5.14 Å². The lowest BCUT2D eigenvalue weighted by atomic mass is 9.77. The molecule has 0 rings (SSSR count). The van der Waals surface area contributed by atoms with Crippen LogP contribution in [0.5, 0.6) is 0 Å². The fraction of sp³-hybridized carbons (Fsp3) is 1.00. The Morgan fingerprint density at radius 1 is 1.08 bits per heavy atom. The summed E-state index contributed by atoms with van der Waals surface area (Å²) in [7, 11) is -3.35. The Morgan fingerprint density at radius 3 is 1.69 bits per heavy atom. The maximum Gasteiger partial charge on any atom is 0.209 e. The monoisotopic (exact) mass is 207 g/mol. The minimum Gasteiger partial charge on any atom is -0.229 e. The average Bonchev–Trinajstić information content (AvgIpc) is 1.43. The summed E-state index contributed by atoms with van der Waals surface area (Å²) < 4.78 is 21.8. The summed E-state index contributed by atoms with van der Waals surface area (Å²) >= 11 is 0. The highest BCUT2D eigenvalue weighted by atomic mass is 32.2. The first-order valence-corrected chi connectivity index (χ1v) is 6.13. The second kappa shape index (κ2) is 3.58. The molecule has 2 N–H and O–H groups in total. The van der Waals surface area contributed by atoms with Crippen molar-refractivity contribution in [3.63, 3.8) is 0 Å². The summed E-state index contributed by atoms with van der Waals surface area (Å²) in [5, 5.41) is 5.01. The van der Waals surface area contributed by atoms with E-state index in [4.69, 9.17) is 5.14 Å². The average molecular weight is 207 g/mol. The van der Waals surface area contributed by atoms with Gasteiger partial charge in [0.25, 0.3) is 0 Å². The number of sulfonamides is 1. The summed E-state index contributed by atoms with van der Waals surface area (Å²) in [6.45, 7) is 10.2. The molecule has 0 aliphatic heterocycles. The molecule has 0 amide bonds. The van der Waals surface area contributed by atoms with Gasteiger partial charge in [0.2, 0.25) is 10.0 Å². The smallest absolute Gasteiger partial charge is 0.209 e. The van der Waals surface area contributed by atoms with E-state index >= 15 is 0 Å². The van der Waals surface area contributed by atoms with Crippen molar-refractivity contribution in [1.82, 2.24) is 0 Å². The maximum atomic E-state index is 10.9. The molecule has 0 fully saturated rings. The van der Waals surface area contributed by atoms with Crippen LogP contribution in [0, 0.1) is 10.8 Å². The van der Waals surface area contributed by atoms with Gasteiger partial charge in [0, 0.05) is 0 Å². The van der Waals surface area contributed by atoms with E-state index in [1.54, 1.807) is 0 Å². The Hall–Kier alpha value is -0.0900. The molecule has 0 heterocycles. The molecule has 80 valence electrons. The molecular weight excluding hydrogens is 186 g/mol. The summed E-state index contributed by atoms with van der Waals surface area (Å²) in [6, 6.07) is 0. The topological polar surface area (TPSA) is 60.2 Å². The molecule has 0 saturated heterocycles. The van der Waals surface area contributed by atoms with E-state index in [2.05, 4.69) is 20.8 Å².